The summed E-state index contributed by atoms with van der Waals surface area (Å²) in [4.78, 5) is 34.0. The smallest absolute Gasteiger partial charge is 0.246 e. The number of rotatable bonds is 18. The van der Waals surface area contributed by atoms with Crippen molar-refractivity contribution in [2.45, 2.75) is 26.7 Å². The van der Waals surface area contributed by atoms with Gasteiger partial charge in [0.15, 0.2) is 0 Å². The lowest BCUT2D eigenvalue weighted by Crippen LogP contribution is -2.31. The third-order valence-corrected chi connectivity index (χ3v) is 3.67. The van der Waals surface area contributed by atoms with E-state index < -0.39 is 0 Å². The molecular weight excluding hydrogens is 356 g/mol. The quantitative estimate of drug-likeness (QED) is 0.315. The highest BCUT2D eigenvalue weighted by atomic mass is 16.5. The fourth-order valence-corrected chi connectivity index (χ4v) is 1.90. The molecule has 0 aliphatic rings. The van der Waals surface area contributed by atoms with Crippen LogP contribution in [-0.4, -0.2) is 84.0 Å². The van der Waals surface area contributed by atoms with E-state index >= 15 is 0 Å². The lowest BCUT2D eigenvalue weighted by Gasteiger charge is -2.09. The molecule has 9 heteroatoms. The molecule has 0 fully saturated rings. The molecule has 0 saturated heterocycles. The summed E-state index contributed by atoms with van der Waals surface area (Å²) in [6.45, 7) is 6.16. The molecule has 0 rings (SSSR count). The Morgan fingerprint density at radius 2 is 1.37 bits per heavy atom. The number of methoxy groups -OCH3 is 1. The molecule has 0 spiro atoms. The Balaban J connectivity index is 3.35. The van der Waals surface area contributed by atoms with Gasteiger partial charge in [0.25, 0.3) is 0 Å². The maximum atomic E-state index is 11.5. The first-order valence-corrected chi connectivity index (χ1v) is 9.23. The van der Waals surface area contributed by atoms with Crippen LogP contribution in [0.5, 0.6) is 0 Å². The minimum atomic E-state index is -0.208. The second kappa shape index (κ2) is 17.8. The summed E-state index contributed by atoms with van der Waals surface area (Å²) in [7, 11) is 1.57. The fraction of sp³-hybridized carbons (Fsp3) is 0.833. The average Bonchev–Trinajstić information content (AvgIpc) is 2.64. The third kappa shape index (κ3) is 17.6. The van der Waals surface area contributed by atoms with E-state index in [0.29, 0.717) is 46.1 Å². The molecule has 0 saturated carbocycles. The number of ketones is 1. The van der Waals surface area contributed by atoms with Gasteiger partial charge in [-0.2, -0.15) is 0 Å². The van der Waals surface area contributed by atoms with Gasteiger partial charge >= 0.3 is 0 Å². The van der Waals surface area contributed by atoms with E-state index in [2.05, 4.69) is 10.6 Å². The molecular formula is C18H34N2O7. The maximum Gasteiger partial charge on any atom is 0.246 e. The van der Waals surface area contributed by atoms with Crippen molar-refractivity contribution in [2.75, 3.05) is 66.4 Å². The van der Waals surface area contributed by atoms with Crippen LogP contribution in [0.25, 0.3) is 0 Å². The van der Waals surface area contributed by atoms with Crippen molar-refractivity contribution < 1.29 is 33.3 Å². The van der Waals surface area contributed by atoms with Crippen LogP contribution in [-0.2, 0) is 33.3 Å². The Morgan fingerprint density at radius 3 is 1.96 bits per heavy atom. The van der Waals surface area contributed by atoms with Crippen LogP contribution in [0.1, 0.15) is 26.7 Å². The number of Topliss-reactive ketones (excluding diaryl/α,β-unsaturated/α-hetero) is 1. The molecule has 2 amide bonds. The zero-order valence-electron chi connectivity index (χ0n) is 16.7. The molecule has 0 aromatic carbocycles. The van der Waals surface area contributed by atoms with E-state index in [1.165, 1.54) is 0 Å². The Morgan fingerprint density at radius 1 is 0.815 bits per heavy atom. The lowest BCUT2D eigenvalue weighted by atomic mass is 10.0. The van der Waals surface area contributed by atoms with E-state index in [0.717, 1.165) is 12.8 Å². The average molecular weight is 390 g/mol. The van der Waals surface area contributed by atoms with Crippen LogP contribution in [0.2, 0.25) is 0 Å². The lowest BCUT2D eigenvalue weighted by molar-refractivity contribution is -0.127. The van der Waals surface area contributed by atoms with Gasteiger partial charge in [-0.1, -0.05) is 6.92 Å². The second-order valence-electron chi connectivity index (χ2n) is 6.06. The molecule has 0 unspecified atom stereocenters. The van der Waals surface area contributed by atoms with Crippen LogP contribution in [0, 0.1) is 5.92 Å². The standard InChI is InChI=1S/C18H34N2O7/c1-15(16(2)21)5-4-6-19-17(22)13-27-12-11-25-8-7-20-18(23)14-26-10-9-24-3/h15H,4-14H2,1-3H3,(H,19,22)(H,20,23)/t15-/m0/s1. The zero-order chi connectivity index (χ0) is 20.3. The van der Waals surface area contributed by atoms with Crippen molar-refractivity contribution in [1.82, 2.24) is 10.6 Å². The number of hydrogen-bond donors (Lipinski definition) is 2. The third-order valence-electron chi connectivity index (χ3n) is 3.67. The highest BCUT2D eigenvalue weighted by Gasteiger charge is 2.07. The summed E-state index contributed by atoms with van der Waals surface area (Å²) < 4.78 is 20.4. The summed E-state index contributed by atoms with van der Waals surface area (Å²) in [5.74, 6) is -0.200. The first-order valence-electron chi connectivity index (χ1n) is 9.23. The van der Waals surface area contributed by atoms with Crippen molar-refractivity contribution in [2.24, 2.45) is 5.92 Å². The summed E-state index contributed by atoms with van der Waals surface area (Å²) in [5.41, 5.74) is 0. The zero-order valence-corrected chi connectivity index (χ0v) is 16.7. The molecule has 0 radical (unpaired) electrons. The minimum absolute atomic E-state index is 0.00472. The van der Waals surface area contributed by atoms with Gasteiger partial charge in [0.1, 0.15) is 19.0 Å². The maximum absolute atomic E-state index is 11.5. The van der Waals surface area contributed by atoms with Crippen molar-refractivity contribution in [1.29, 1.82) is 0 Å². The first-order chi connectivity index (χ1) is 13.0. The van der Waals surface area contributed by atoms with Gasteiger partial charge in [-0.3, -0.25) is 14.4 Å². The molecule has 27 heavy (non-hydrogen) atoms. The highest BCUT2D eigenvalue weighted by Crippen LogP contribution is 2.05. The van der Waals surface area contributed by atoms with Crippen LogP contribution < -0.4 is 10.6 Å². The van der Waals surface area contributed by atoms with E-state index in [9.17, 15) is 14.4 Å². The van der Waals surface area contributed by atoms with Gasteiger partial charge in [0, 0.05) is 26.1 Å². The van der Waals surface area contributed by atoms with Crippen LogP contribution >= 0.6 is 0 Å². The molecule has 0 bridgehead atoms. The number of hydrogen-bond acceptors (Lipinski definition) is 7. The van der Waals surface area contributed by atoms with E-state index in [4.69, 9.17) is 18.9 Å². The highest BCUT2D eigenvalue weighted by molar-refractivity contribution is 5.78. The van der Waals surface area contributed by atoms with Crippen molar-refractivity contribution >= 4 is 17.6 Å². The van der Waals surface area contributed by atoms with Gasteiger partial charge in [-0.25, -0.2) is 0 Å². The molecule has 2 N–H and O–H groups in total. The monoisotopic (exact) mass is 390 g/mol. The fourth-order valence-electron chi connectivity index (χ4n) is 1.90. The summed E-state index contributed by atoms with van der Waals surface area (Å²) in [6.07, 6.45) is 1.53. The number of amides is 2. The van der Waals surface area contributed by atoms with Crippen molar-refractivity contribution in [3.63, 3.8) is 0 Å². The Hall–Kier alpha value is -1.55. The molecule has 9 nitrogen and oxygen atoms in total. The number of carbonyl (C=O) groups excluding carboxylic acids is 3. The molecule has 1 atom stereocenters. The summed E-state index contributed by atoms with van der Waals surface area (Å²) in [6, 6.07) is 0. The largest absolute Gasteiger partial charge is 0.382 e. The van der Waals surface area contributed by atoms with E-state index in [-0.39, 0.29) is 36.7 Å². The van der Waals surface area contributed by atoms with E-state index in [1.807, 2.05) is 6.92 Å². The topological polar surface area (TPSA) is 112 Å². The molecule has 0 aromatic rings. The van der Waals surface area contributed by atoms with Gasteiger partial charge in [-0.05, 0) is 19.8 Å². The SMILES string of the molecule is COCCOCC(=O)NCCOCCOCC(=O)NCCC[C@H](C)C(C)=O. The van der Waals surface area contributed by atoms with Crippen LogP contribution in [0.15, 0.2) is 0 Å². The van der Waals surface area contributed by atoms with Gasteiger partial charge in [0.2, 0.25) is 11.8 Å². The second-order valence-corrected chi connectivity index (χ2v) is 6.06. The Kier molecular flexibility index (Phi) is 16.8. The normalized spacial score (nSPS) is 11.8. The number of nitrogens with one attached hydrogen (secondary N) is 2. The predicted molar refractivity (Wildman–Crippen MR) is 99.4 cm³/mol. The molecule has 158 valence electrons. The number of ether oxygens (including phenoxy) is 4. The van der Waals surface area contributed by atoms with Crippen LogP contribution in [0.3, 0.4) is 0 Å². The Bertz CT molecular complexity index is 419. The summed E-state index contributed by atoms with van der Waals surface area (Å²) in [5, 5.41) is 5.40. The summed E-state index contributed by atoms with van der Waals surface area (Å²) >= 11 is 0. The van der Waals surface area contributed by atoms with Gasteiger partial charge < -0.3 is 29.6 Å². The Labute approximate surface area is 161 Å². The molecule has 0 aliphatic heterocycles. The minimum Gasteiger partial charge on any atom is -0.382 e. The number of carbonyl (C=O) groups is 3. The predicted octanol–water partition coefficient (Wildman–Crippen LogP) is -0.0797. The first kappa shape index (κ1) is 25.4. The van der Waals surface area contributed by atoms with Crippen molar-refractivity contribution in [3.8, 4) is 0 Å². The molecule has 0 heterocycles. The van der Waals surface area contributed by atoms with Crippen LogP contribution in [0.4, 0.5) is 0 Å². The van der Waals surface area contributed by atoms with E-state index in [1.54, 1.807) is 14.0 Å². The molecule has 0 aromatic heterocycles. The molecule has 0 aliphatic carbocycles. The van der Waals surface area contributed by atoms with Gasteiger partial charge in [-0.15, -0.1) is 0 Å². The van der Waals surface area contributed by atoms with Gasteiger partial charge in [0.05, 0.1) is 33.0 Å². The van der Waals surface area contributed by atoms with Crippen molar-refractivity contribution in [3.05, 3.63) is 0 Å².